The monoisotopic (exact) mass is 275 g/mol. The van der Waals surface area contributed by atoms with Gasteiger partial charge in [-0.1, -0.05) is 29.8 Å². The molecule has 0 aliphatic carbocycles. The first-order chi connectivity index (χ1) is 10.2. The lowest BCUT2D eigenvalue weighted by Crippen LogP contribution is -1.99. The number of nitrogens with zero attached hydrogens (tertiary/aromatic N) is 2. The van der Waals surface area contributed by atoms with Crippen LogP contribution in [0, 0.1) is 18.3 Å². The van der Waals surface area contributed by atoms with E-state index in [1.54, 1.807) is 12.3 Å². The van der Waals surface area contributed by atoms with E-state index in [1.165, 1.54) is 0 Å². The summed E-state index contributed by atoms with van der Waals surface area (Å²) >= 11 is 0. The van der Waals surface area contributed by atoms with Crippen LogP contribution in [0.15, 0.2) is 53.1 Å². The summed E-state index contributed by atoms with van der Waals surface area (Å²) in [6.45, 7) is 2.02. The average Bonchev–Trinajstić information content (AvgIpc) is 3.01. The van der Waals surface area contributed by atoms with Gasteiger partial charge in [0.05, 0.1) is 6.26 Å². The van der Waals surface area contributed by atoms with Gasteiger partial charge < -0.3 is 10.2 Å². The highest BCUT2D eigenvalue weighted by atomic mass is 16.3. The Hall–Kier alpha value is -3.06. The molecule has 0 spiro atoms. The van der Waals surface area contributed by atoms with Gasteiger partial charge in [0.25, 0.3) is 0 Å². The maximum atomic E-state index is 9.34. The second kappa shape index (κ2) is 5.14. The molecule has 4 nitrogen and oxygen atoms in total. The second-order valence-electron chi connectivity index (χ2n) is 4.77. The van der Waals surface area contributed by atoms with Gasteiger partial charge >= 0.3 is 0 Å². The highest BCUT2D eigenvalue weighted by Gasteiger charge is 2.14. The van der Waals surface area contributed by atoms with Gasteiger partial charge in [0.15, 0.2) is 5.76 Å². The van der Waals surface area contributed by atoms with Crippen molar-refractivity contribution in [3.63, 3.8) is 0 Å². The molecular formula is C17H13N3O. The highest BCUT2D eigenvalue weighted by Crippen LogP contribution is 2.31. The first-order valence-electron chi connectivity index (χ1n) is 6.50. The van der Waals surface area contributed by atoms with E-state index >= 15 is 0 Å². The minimum absolute atomic E-state index is 0.210. The van der Waals surface area contributed by atoms with Crippen LogP contribution >= 0.6 is 0 Å². The zero-order valence-electron chi connectivity index (χ0n) is 11.5. The van der Waals surface area contributed by atoms with Gasteiger partial charge in [0, 0.05) is 5.56 Å². The summed E-state index contributed by atoms with van der Waals surface area (Å²) in [4.78, 5) is 4.25. The Bertz CT molecular complexity index is 812. The van der Waals surface area contributed by atoms with Crippen molar-refractivity contribution in [2.45, 2.75) is 6.92 Å². The number of hydrogen-bond acceptors (Lipinski definition) is 4. The van der Waals surface area contributed by atoms with Gasteiger partial charge in [0.1, 0.15) is 23.1 Å². The maximum absolute atomic E-state index is 9.34. The zero-order valence-corrected chi connectivity index (χ0v) is 11.5. The molecule has 0 bridgehead atoms. The Balaban J connectivity index is 2.22. The molecule has 0 saturated heterocycles. The van der Waals surface area contributed by atoms with Crippen LogP contribution in [0.4, 0.5) is 5.82 Å². The lowest BCUT2D eigenvalue weighted by atomic mass is 9.99. The second-order valence-corrected chi connectivity index (χ2v) is 4.77. The summed E-state index contributed by atoms with van der Waals surface area (Å²) in [5, 5.41) is 9.34. The van der Waals surface area contributed by atoms with Gasteiger partial charge in [-0.25, -0.2) is 4.98 Å². The van der Waals surface area contributed by atoms with Crippen LogP contribution in [0.3, 0.4) is 0 Å². The van der Waals surface area contributed by atoms with E-state index in [1.807, 2.05) is 43.3 Å². The Morgan fingerprint density at radius 1 is 1.19 bits per heavy atom. The minimum atomic E-state index is 0.210. The number of anilines is 1. The Morgan fingerprint density at radius 2 is 1.95 bits per heavy atom. The van der Waals surface area contributed by atoms with Crippen molar-refractivity contribution in [2.75, 3.05) is 5.73 Å². The lowest BCUT2D eigenvalue weighted by Gasteiger charge is -2.09. The third-order valence-corrected chi connectivity index (χ3v) is 3.30. The number of aryl methyl sites for hydroxylation is 1. The fourth-order valence-corrected chi connectivity index (χ4v) is 2.19. The fourth-order valence-electron chi connectivity index (χ4n) is 2.19. The summed E-state index contributed by atoms with van der Waals surface area (Å²) in [5.74, 6) is 0.835. The van der Waals surface area contributed by atoms with Gasteiger partial charge in [-0.3, -0.25) is 0 Å². The number of rotatable bonds is 2. The number of nitrogen functional groups attached to an aromatic ring is 1. The summed E-state index contributed by atoms with van der Waals surface area (Å²) in [7, 11) is 0. The lowest BCUT2D eigenvalue weighted by molar-refractivity contribution is 0.580. The molecule has 0 aliphatic heterocycles. The quantitative estimate of drug-likeness (QED) is 0.772. The number of nitriles is 1. The number of benzene rings is 1. The molecule has 2 aromatic heterocycles. The van der Waals surface area contributed by atoms with Crippen LogP contribution in [0.5, 0.6) is 0 Å². The molecule has 1 aromatic carbocycles. The zero-order chi connectivity index (χ0) is 14.8. The van der Waals surface area contributed by atoms with Crippen LogP contribution in [0.2, 0.25) is 0 Å². The van der Waals surface area contributed by atoms with Gasteiger partial charge in [-0.2, -0.15) is 5.26 Å². The van der Waals surface area contributed by atoms with Crippen LogP contribution in [-0.2, 0) is 0 Å². The van der Waals surface area contributed by atoms with Gasteiger partial charge in [-0.05, 0) is 30.7 Å². The molecule has 0 saturated carbocycles. The largest absolute Gasteiger partial charge is 0.463 e. The molecule has 3 rings (SSSR count). The number of hydrogen-bond donors (Lipinski definition) is 1. The maximum Gasteiger partial charge on any atom is 0.152 e. The summed E-state index contributed by atoms with van der Waals surface area (Å²) < 4.78 is 5.36. The highest BCUT2D eigenvalue weighted by molar-refractivity contribution is 5.79. The normalized spacial score (nSPS) is 10.3. The Morgan fingerprint density at radius 3 is 2.57 bits per heavy atom. The predicted molar refractivity (Wildman–Crippen MR) is 81.2 cm³/mol. The molecule has 21 heavy (non-hydrogen) atoms. The van der Waals surface area contributed by atoms with Crippen LogP contribution in [-0.4, -0.2) is 4.98 Å². The molecule has 0 unspecified atom stereocenters. The minimum Gasteiger partial charge on any atom is -0.463 e. The van der Waals surface area contributed by atoms with E-state index in [0.717, 1.165) is 16.7 Å². The van der Waals surface area contributed by atoms with Gasteiger partial charge in [0.2, 0.25) is 0 Å². The van der Waals surface area contributed by atoms with E-state index in [4.69, 9.17) is 10.2 Å². The van der Waals surface area contributed by atoms with Crippen LogP contribution < -0.4 is 5.73 Å². The smallest absolute Gasteiger partial charge is 0.152 e. The van der Waals surface area contributed by atoms with Crippen molar-refractivity contribution >= 4 is 5.82 Å². The standard InChI is InChI=1S/C17H13N3O/c1-11-4-6-12(7-5-11)13-9-15(16-3-2-8-21-16)20-17(19)14(13)10-18/h2-9H,1H3,(H2,19,20). The molecule has 2 heterocycles. The molecule has 0 radical (unpaired) electrons. The molecule has 0 amide bonds. The van der Waals surface area contributed by atoms with E-state index in [0.29, 0.717) is 17.0 Å². The van der Waals surface area contributed by atoms with Crippen molar-refractivity contribution in [1.82, 2.24) is 4.98 Å². The van der Waals surface area contributed by atoms with E-state index in [2.05, 4.69) is 11.1 Å². The van der Waals surface area contributed by atoms with Crippen molar-refractivity contribution in [3.8, 4) is 28.7 Å². The predicted octanol–water partition coefficient (Wildman–Crippen LogP) is 3.77. The Kier molecular flexibility index (Phi) is 3.17. The molecule has 102 valence electrons. The SMILES string of the molecule is Cc1ccc(-c2cc(-c3ccco3)nc(N)c2C#N)cc1. The first-order valence-corrected chi connectivity index (χ1v) is 6.50. The summed E-state index contributed by atoms with van der Waals surface area (Å²) in [6.07, 6.45) is 1.58. The van der Waals surface area contributed by atoms with Crippen LogP contribution in [0.1, 0.15) is 11.1 Å². The van der Waals surface area contributed by atoms with E-state index in [-0.39, 0.29) is 5.82 Å². The molecule has 0 aliphatic rings. The number of nitrogens with two attached hydrogens (primary N) is 1. The summed E-state index contributed by atoms with van der Waals surface area (Å²) in [6, 6.07) is 15.5. The number of furan rings is 1. The molecule has 3 aromatic rings. The van der Waals surface area contributed by atoms with Crippen molar-refractivity contribution < 1.29 is 4.42 Å². The number of pyridine rings is 1. The molecule has 4 heteroatoms. The first kappa shape index (κ1) is 12.9. The summed E-state index contributed by atoms with van der Waals surface area (Å²) in [5.41, 5.74) is 9.78. The molecule has 2 N–H and O–H groups in total. The fraction of sp³-hybridized carbons (Fsp3) is 0.0588. The van der Waals surface area contributed by atoms with Crippen molar-refractivity contribution in [2.24, 2.45) is 0 Å². The third-order valence-electron chi connectivity index (χ3n) is 3.30. The van der Waals surface area contributed by atoms with Crippen molar-refractivity contribution in [3.05, 3.63) is 59.9 Å². The molecule has 0 atom stereocenters. The topological polar surface area (TPSA) is 75.8 Å². The number of aromatic nitrogens is 1. The molecule has 0 fully saturated rings. The van der Waals surface area contributed by atoms with Crippen molar-refractivity contribution in [1.29, 1.82) is 5.26 Å². The third kappa shape index (κ3) is 2.37. The van der Waals surface area contributed by atoms with E-state index < -0.39 is 0 Å². The Labute approximate surface area is 122 Å². The van der Waals surface area contributed by atoms with Crippen LogP contribution in [0.25, 0.3) is 22.6 Å². The van der Waals surface area contributed by atoms with E-state index in [9.17, 15) is 5.26 Å². The van der Waals surface area contributed by atoms with Gasteiger partial charge in [-0.15, -0.1) is 0 Å². The average molecular weight is 275 g/mol. The molecular weight excluding hydrogens is 262 g/mol.